The summed E-state index contributed by atoms with van der Waals surface area (Å²) >= 11 is 6.03. The molecule has 1 N–H and O–H groups in total. The molecule has 0 radical (unpaired) electrons. The van der Waals surface area contributed by atoms with Crippen molar-refractivity contribution >= 4 is 23.5 Å². The Morgan fingerprint density at radius 3 is 2.41 bits per heavy atom. The van der Waals surface area contributed by atoms with Crippen LogP contribution in [0.4, 0.5) is 0 Å². The molecule has 0 saturated carbocycles. The predicted molar refractivity (Wildman–Crippen MR) is 107 cm³/mol. The van der Waals surface area contributed by atoms with Crippen LogP contribution < -0.4 is 0 Å². The summed E-state index contributed by atoms with van der Waals surface area (Å²) in [4.78, 5) is 26.2. The van der Waals surface area contributed by atoms with Crippen molar-refractivity contribution in [2.75, 3.05) is 6.61 Å². The molecule has 1 heterocycles. The minimum Gasteiger partial charge on any atom is -0.480 e. The second-order valence-corrected chi connectivity index (χ2v) is 7.34. The Balaban J connectivity index is 2.11. The van der Waals surface area contributed by atoms with Crippen molar-refractivity contribution in [1.29, 1.82) is 5.26 Å². The first-order valence-corrected chi connectivity index (χ1v) is 9.75. The first-order valence-electron chi connectivity index (χ1n) is 9.37. The number of aliphatic carboxylic acids is 1. The standard InChI is InChI=1S/C22H21ClN2O4/c1-2-3-18(22(27)28)25-19(26)13-29-21(16-6-4-14(12-24)5-7-16)20(25)15-8-10-17(23)11-9-15/h4-11,18,20-21H,2-3,13H2,1H3,(H,27,28)/t18-,20+,21-/m1/s1. The maximum Gasteiger partial charge on any atom is 0.326 e. The molecule has 0 bridgehead atoms. The first kappa shape index (κ1) is 20.8. The zero-order chi connectivity index (χ0) is 21.0. The molecule has 1 amide bonds. The first-order chi connectivity index (χ1) is 14.0. The Hall–Kier alpha value is -2.88. The number of hydrogen-bond donors (Lipinski definition) is 1. The fourth-order valence-electron chi connectivity index (χ4n) is 3.67. The van der Waals surface area contributed by atoms with Gasteiger partial charge in [-0.3, -0.25) is 4.79 Å². The number of carbonyl (C=O) groups is 2. The molecule has 150 valence electrons. The average Bonchev–Trinajstić information content (AvgIpc) is 2.73. The summed E-state index contributed by atoms with van der Waals surface area (Å²) in [7, 11) is 0. The highest BCUT2D eigenvalue weighted by molar-refractivity contribution is 6.30. The number of carbonyl (C=O) groups excluding carboxylic acids is 1. The van der Waals surface area contributed by atoms with Crippen LogP contribution in [0.5, 0.6) is 0 Å². The fourth-order valence-corrected chi connectivity index (χ4v) is 3.80. The van der Waals surface area contributed by atoms with Gasteiger partial charge in [0.2, 0.25) is 5.91 Å². The highest BCUT2D eigenvalue weighted by Crippen LogP contribution is 2.42. The normalized spacial score (nSPS) is 20.2. The van der Waals surface area contributed by atoms with E-state index in [0.29, 0.717) is 23.4 Å². The van der Waals surface area contributed by atoms with Crippen molar-refractivity contribution < 1.29 is 19.4 Å². The van der Waals surface area contributed by atoms with Crippen LogP contribution >= 0.6 is 11.6 Å². The van der Waals surface area contributed by atoms with Gasteiger partial charge in [0, 0.05) is 5.02 Å². The Morgan fingerprint density at radius 1 is 1.24 bits per heavy atom. The molecule has 0 unspecified atom stereocenters. The average molecular weight is 413 g/mol. The molecule has 3 rings (SSSR count). The van der Waals surface area contributed by atoms with Crippen molar-refractivity contribution in [3.63, 3.8) is 0 Å². The number of hydrogen-bond acceptors (Lipinski definition) is 4. The van der Waals surface area contributed by atoms with Crippen molar-refractivity contribution in [1.82, 2.24) is 4.90 Å². The molecule has 0 aliphatic carbocycles. The summed E-state index contributed by atoms with van der Waals surface area (Å²) in [5.74, 6) is -1.41. The van der Waals surface area contributed by atoms with Gasteiger partial charge < -0.3 is 14.7 Å². The zero-order valence-corrected chi connectivity index (χ0v) is 16.7. The van der Waals surface area contributed by atoms with Crippen LogP contribution in [-0.4, -0.2) is 34.5 Å². The van der Waals surface area contributed by atoms with Crippen molar-refractivity contribution in [3.8, 4) is 6.07 Å². The molecule has 0 aromatic heterocycles. The molecule has 29 heavy (non-hydrogen) atoms. The largest absolute Gasteiger partial charge is 0.480 e. The third-order valence-corrected chi connectivity index (χ3v) is 5.28. The van der Waals surface area contributed by atoms with Gasteiger partial charge >= 0.3 is 5.97 Å². The second kappa shape index (κ2) is 9.08. The van der Waals surface area contributed by atoms with E-state index in [-0.39, 0.29) is 12.5 Å². The third kappa shape index (κ3) is 4.42. The van der Waals surface area contributed by atoms with Gasteiger partial charge in [-0.05, 0) is 41.8 Å². The van der Waals surface area contributed by atoms with E-state index >= 15 is 0 Å². The van der Waals surface area contributed by atoms with Crippen LogP contribution in [0.1, 0.15) is 48.6 Å². The predicted octanol–water partition coefficient (Wildman–Crippen LogP) is 4.11. The highest BCUT2D eigenvalue weighted by Gasteiger charge is 2.44. The maximum absolute atomic E-state index is 12.8. The van der Waals surface area contributed by atoms with E-state index in [9.17, 15) is 14.7 Å². The number of nitriles is 1. The monoisotopic (exact) mass is 412 g/mol. The minimum atomic E-state index is -1.04. The lowest BCUT2D eigenvalue weighted by Crippen LogP contribution is -2.53. The molecular weight excluding hydrogens is 392 g/mol. The van der Waals surface area contributed by atoms with E-state index in [4.69, 9.17) is 21.6 Å². The molecule has 0 spiro atoms. The van der Waals surface area contributed by atoms with Crippen LogP contribution in [0, 0.1) is 11.3 Å². The van der Waals surface area contributed by atoms with Crippen LogP contribution in [0.25, 0.3) is 0 Å². The molecule has 1 fully saturated rings. The highest BCUT2D eigenvalue weighted by atomic mass is 35.5. The minimum absolute atomic E-state index is 0.206. The van der Waals surface area contributed by atoms with Gasteiger partial charge in [0.1, 0.15) is 18.8 Å². The molecule has 1 aliphatic heterocycles. The van der Waals surface area contributed by atoms with Crippen LogP contribution in [0.2, 0.25) is 5.02 Å². The van der Waals surface area contributed by atoms with Gasteiger partial charge in [-0.2, -0.15) is 5.26 Å². The maximum atomic E-state index is 12.8. The number of halogens is 1. The van der Waals surface area contributed by atoms with Gasteiger partial charge in [0.15, 0.2) is 0 Å². The summed E-state index contributed by atoms with van der Waals surface area (Å²) in [6, 6.07) is 14.4. The van der Waals surface area contributed by atoms with Gasteiger partial charge in [-0.25, -0.2) is 4.79 Å². The Labute approximate surface area is 174 Å². The molecule has 1 saturated heterocycles. The summed E-state index contributed by atoms with van der Waals surface area (Å²) in [5, 5.41) is 19.4. The smallest absolute Gasteiger partial charge is 0.326 e. The third-order valence-electron chi connectivity index (χ3n) is 5.02. The summed E-state index contributed by atoms with van der Waals surface area (Å²) in [5.41, 5.74) is 2.01. The van der Waals surface area contributed by atoms with E-state index in [1.54, 1.807) is 48.5 Å². The summed E-state index contributed by atoms with van der Waals surface area (Å²) < 4.78 is 5.89. The molecular formula is C22H21ClN2O4. The Kier molecular flexibility index (Phi) is 6.53. The fraction of sp³-hybridized carbons (Fsp3) is 0.318. The lowest BCUT2D eigenvalue weighted by Gasteiger charge is -2.44. The van der Waals surface area contributed by atoms with E-state index < -0.39 is 24.2 Å². The van der Waals surface area contributed by atoms with Gasteiger partial charge in [0.25, 0.3) is 0 Å². The second-order valence-electron chi connectivity index (χ2n) is 6.91. The van der Waals surface area contributed by atoms with Crippen molar-refractivity contribution in [2.45, 2.75) is 38.0 Å². The number of benzene rings is 2. The van der Waals surface area contributed by atoms with Crippen LogP contribution in [0.15, 0.2) is 48.5 Å². The quantitative estimate of drug-likeness (QED) is 0.771. The number of ether oxygens (including phenoxy) is 1. The Bertz CT molecular complexity index is 921. The van der Waals surface area contributed by atoms with E-state index in [2.05, 4.69) is 6.07 Å². The lowest BCUT2D eigenvalue weighted by molar-refractivity contribution is -0.171. The summed E-state index contributed by atoms with van der Waals surface area (Å²) in [6.07, 6.45) is 0.391. The Morgan fingerprint density at radius 2 is 1.86 bits per heavy atom. The SMILES string of the molecule is CCC[C@H](C(=O)O)N1C(=O)CO[C@H](c2ccc(C#N)cc2)[C@@H]1c1ccc(Cl)cc1. The zero-order valence-electron chi connectivity index (χ0n) is 15.9. The molecule has 1 aliphatic rings. The molecule has 6 nitrogen and oxygen atoms in total. The molecule has 2 aromatic carbocycles. The topological polar surface area (TPSA) is 90.6 Å². The molecule has 2 aromatic rings. The molecule has 3 atom stereocenters. The van der Waals surface area contributed by atoms with Crippen LogP contribution in [-0.2, 0) is 14.3 Å². The number of amides is 1. The number of carboxylic acid groups (broad SMARTS) is 1. The van der Waals surface area contributed by atoms with Gasteiger partial charge in [-0.1, -0.05) is 49.2 Å². The van der Waals surface area contributed by atoms with Crippen molar-refractivity contribution in [2.24, 2.45) is 0 Å². The number of rotatable bonds is 6. The van der Waals surface area contributed by atoms with Crippen molar-refractivity contribution in [3.05, 3.63) is 70.2 Å². The van der Waals surface area contributed by atoms with E-state index in [1.807, 2.05) is 6.92 Å². The number of carboxylic acids is 1. The van der Waals surface area contributed by atoms with Crippen LogP contribution in [0.3, 0.4) is 0 Å². The summed E-state index contributed by atoms with van der Waals surface area (Å²) in [6.45, 7) is 1.68. The number of nitrogens with zero attached hydrogens (tertiary/aromatic N) is 2. The van der Waals surface area contributed by atoms with Gasteiger partial charge in [0.05, 0.1) is 17.7 Å². The number of morpholine rings is 1. The van der Waals surface area contributed by atoms with E-state index in [0.717, 1.165) is 11.1 Å². The molecule has 7 heteroatoms. The lowest BCUT2D eigenvalue weighted by atomic mass is 9.90. The van der Waals surface area contributed by atoms with Gasteiger partial charge in [-0.15, -0.1) is 0 Å². The van der Waals surface area contributed by atoms with E-state index in [1.165, 1.54) is 4.90 Å².